The molecule has 0 aliphatic heterocycles. The molecule has 2 fully saturated rings. The molecule has 2 aliphatic rings. The van der Waals surface area contributed by atoms with E-state index in [-0.39, 0.29) is 17.9 Å². The highest BCUT2D eigenvalue weighted by Crippen LogP contribution is 2.40. The summed E-state index contributed by atoms with van der Waals surface area (Å²) in [6.45, 7) is 0.434. The molecule has 1 atom stereocenters. The fourth-order valence-corrected chi connectivity index (χ4v) is 4.77. The Labute approximate surface area is 199 Å². The Morgan fingerprint density at radius 1 is 0.971 bits per heavy atom. The minimum absolute atomic E-state index is 0.141. The van der Waals surface area contributed by atoms with Gasteiger partial charge in [-0.3, -0.25) is 14.6 Å². The molecule has 2 N–H and O–H groups in total. The third-order valence-corrected chi connectivity index (χ3v) is 6.86. The van der Waals surface area contributed by atoms with E-state index in [0.29, 0.717) is 29.6 Å². The predicted octanol–water partition coefficient (Wildman–Crippen LogP) is 4.93. The van der Waals surface area contributed by atoms with Crippen LogP contribution in [0.2, 0.25) is 0 Å². The van der Waals surface area contributed by atoms with Crippen molar-refractivity contribution in [1.29, 1.82) is 0 Å². The van der Waals surface area contributed by atoms with Crippen LogP contribution in [-0.4, -0.2) is 22.0 Å². The maximum Gasteiger partial charge on any atom is 0.273 e. The Kier molecular flexibility index (Phi) is 6.70. The Balaban J connectivity index is 1.33. The van der Waals surface area contributed by atoms with Gasteiger partial charge in [0.15, 0.2) is 5.69 Å². The van der Waals surface area contributed by atoms with E-state index in [9.17, 15) is 9.59 Å². The molecule has 2 saturated carbocycles. The average Bonchev–Trinajstić information content (AvgIpc) is 3.63. The number of carbonyl (C=O) groups excluding carboxylic acids is 2. The zero-order chi connectivity index (χ0) is 23.3. The fourth-order valence-electron chi connectivity index (χ4n) is 4.77. The van der Waals surface area contributed by atoms with Gasteiger partial charge in [0, 0.05) is 36.5 Å². The van der Waals surface area contributed by atoms with Crippen LogP contribution in [0, 0.1) is 5.92 Å². The van der Waals surface area contributed by atoms with Crippen molar-refractivity contribution in [1.82, 2.24) is 20.8 Å². The Morgan fingerprint density at radius 2 is 1.76 bits per heavy atom. The smallest absolute Gasteiger partial charge is 0.273 e. The second-order valence-electron chi connectivity index (χ2n) is 9.40. The van der Waals surface area contributed by atoms with Crippen molar-refractivity contribution in [2.45, 2.75) is 63.5 Å². The number of hydrogen-bond donors (Lipinski definition) is 2. The van der Waals surface area contributed by atoms with Crippen molar-refractivity contribution in [2.24, 2.45) is 5.92 Å². The van der Waals surface area contributed by atoms with Crippen molar-refractivity contribution < 1.29 is 14.1 Å². The molecule has 0 bridgehead atoms. The van der Waals surface area contributed by atoms with E-state index in [1.165, 1.54) is 6.42 Å². The summed E-state index contributed by atoms with van der Waals surface area (Å²) in [7, 11) is 0. The van der Waals surface area contributed by atoms with Gasteiger partial charge < -0.3 is 15.2 Å². The van der Waals surface area contributed by atoms with Crippen molar-refractivity contribution in [3.8, 4) is 0 Å². The van der Waals surface area contributed by atoms with Gasteiger partial charge in [0.1, 0.15) is 5.76 Å². The zero-order valence-corrected chi connectivity index (χ0v) is 19.2. The van der Waals surface area contributed by atoms with Crippen LogP contribution in [0.25, 0.3) is 0 Å². The molecule has 5 rings (SSSR count). The van der Waals surface area contributed by atoms with Crippen LogP contribution < -0.4 is 10.6 Å². The van der Waals surface area contributed by atoms with Crippen LogP contribution in [0.3, 0.4) is 0 Å². The Hall–Kier alpha value is -3.48. The highest BCUT2D eigenvalue weighted by Gasteiger charge is 2.31. The zero-order valence-electron chi connectivity index (χ0n) is 19.2. The minimum atomic E-state index is -0.223. The highest BCUT2D eigenvalue weighted by molar-refractivity contribution is 5.94. The van der Waals surface area contributed by atoms with Gasteiger partial charge in [-0.05, 0) is 67.0 Å². The van der Waals surface area contributed by atoms with Gasteiger partial charge >= 0.3 is 0 Å². The number of benzene rings is 1. The Morgan fingerprint density at radius 3 is 2.53 bits per heavy atom. The first-order valence-electron chi connectivity index (χ1n) is 12.2. The van der Waals surface area contributed by atoms with E-state index in [1.807, 2.05) is 36.4 Å². The van der Waals surface area contributed by atoms with E-state index in [4.69, 9.17) is 4.52 Å². The number of aromatic nitrogens is 2. The monoisotopic (exact) mass is 458 g/mol. The summed E-state index contributed by atoms with van der Waals surface area (Å²) < 4.78 is 5.39. The molecule has 1 aromatic carbocycles. The summed E-state index contributed by atoms with van der Waals surface area (Å²) in [4.78, 5) is 29.9. The molecule has 0 radical (unpaired) electrons. The van der Waals surface area contributed by atoms with Gasteiger partial charge in [0.2, 0.25) is 0 Å². The molecule has 1 unspecified atom stereocenters. The summed E-state index contributed by atoms with van der Waals surface area (Å²) in [6.07, 6.45) is 11.2. The summed E-state index contributed by atoms with van der Waals surface area (Å²) in [5, 5.41) is 10.2. The molecule has 7 heteroatoms. The van der Waals surface area contributed by atoms with Crippen LogP contribution >= 0.6 is 0 Å². The van der Waals surface area contributed by atoms with E-state index >= 15 is 0 Å². The molecule has 2 heterocycles. The van der Waals surface area contributed by atoms with Crippen LogP contribution in [0.5, 0.6) is 0 Å². The first-order chi connectivity index (χ1) is 16.7. The molecule has 7 nitrogen and oxygen atoms in total. The normalized spacial score (nSPS) is 17.2. The topological polar surface area (TPSA) is 97.1 Å². The highest BCUT2D eigenvalue weighted by atomic mass is 16.5. The first kappa shape index (κ1) is 22.3. The summed E-state index contributed by atoms with van der Waals surface area (Å²) in [5.74, 6) is 1.16. The summed E-state index contributed by atoms with van der Waals surface area (Å²) in [5.41, 5.74) is 2.85. The van der Waals surface area contributed by atoms with Crippen molar-refractivity contribution in [2.75, 3.05) is 0 Å². The van der Waals surface area contributed by atoms with Gasteiger partial charge in [-0.25, -0.2) is 0 Å². The second-order valence-corrected chi connectivity index (χ2v) is 9.40. The van der Waals surface area contributed by atoms with Gasteiger partial charge in [-0.15, -0.1) is 0 Å². The largest absolute Gasteiger partial charge is 0.360 e. The average molecular weight is 459 g/mol. The number of nitrogens with one attached hydrogen (secondary N) is 2. The second kappa shape index (κ2) is 10.2. The quantitative estimate of drug-likeness (QED) is 0.499. The van der Waals surface area contributed by atoms with E-state index in [2.05, 4.69) is 20.8 Å². The predicted molar refractivity (Wildman–Crippen MR) is 127 cm³/mol. The third kappa shape index (κ3) is 5.35. The molecule has 2 amide bonds. The lowest BCUT2D eigenvalue weighted by atomic mass is 9.80. The van der Waals surface area contributed by atoms with Crippen LogP contribution in [-0.2, 0) is 6.54 Å². The first-order valence-corrected chi connectivity index (χ1v) is 12.2. The van der Waals surface area contributed by atoms with Gasteiger partial charge in [-0.2, -0.15) is 0 Å². The lowest BCUT2D eigenvalue weighted by molar-refractivity contribution is 0.0903. The van der Waals surface area contributed by atoms with Crippen molar-refractivity contribution >= 4 is 11.8 Å². The number of carbonyl (C=O) groups is 2. The van der Waals surface area contributed by atoms with E-state index in [1.54, 1.807) is 18.5 Å². The molecule has 34 heavy (non-hydrogen) atoms. The van der Waals surface area contributed by atoms with E-state index < -0.39 is 0 Å². The number of nitrogens with zero attached hydrogens (tertiary/aromatic N) is 2. The molecule has 0 saturated heterocycles. The van der Waals surface area contributed by atoms with Crippen LogP contribution in [0.4, 0.5) is 0 Å². The van der Waals surface area contributed by atoms with Gasteiger partial charge in [0.05, 0.1) is 6.04 Å². The third-order valence-electron chi connectivity index (χ3n) is 6.86. The SMILES string of the molecule is O=C(NCc1ccncc1)c1cccc(C(NC(=O)c2cc(C3CC3)on2)C2CCCCC2)c1. The van der Waals surface area contributed by atoms with Gasteiger partial charge in [-0.1, -0.05) is 36.6 Å². The summed E-state index contributed by atoms with van der Waals surface area (Å²) >= 11 is 0. The lowest BCUT2D eigenvalue weighted by Gasteiger charge is -2.31. The number of hydrogen-bond acceptors (Lipinski definition) is 5. The van der Waals surface area contributed by atoms with Crippen LogP contribution in [0.15, 0.2) is 59.4 Å². The van der Waals surface area contributed by atoms with E-state index in [0.717, 1.165) is 55.4 Å². The number of pyridine rings is 1. The van der Waals surface area contributed by atoms with Crippen molar-refractivity contribution in [3.05, 3.63) is 83.0 Å². The molecular weight excluding hydrogens is 428 g/mol. The fraction of sp³-hybridized carbons (Fsp3) is 0.407. The maximum absolute atomic E-state index is 13.1. The maximum atomic E-state index is 13.1. The molecule has 3 aromatic rings. The van der Waals surface area contributed by atoms with Gasteiger partial charge in [0.25, 0.3) is 11.8 Å². The minimum Gasteiger partial charge on any atom is -0.360 e. The molecular formula is C27H30N4O3. The molecule has 176 valence electrons. The Bertz CT molecular complexity index is 1130. The standard InChI is InChI=1S/C27H30N4O3/c32-26(29-17-18-11-13-28-14-12-18)22-8-4-7-21(15-22)25(20-5-2-1-3-6-20)30-27(33)23-16-24(34-31-23)19-9-10-19/h4,7-8,11-16,19-20,25H,1-3,5-6,9-10,17H2,(H,29,32)(H,30,33). The summed E-state index contributed by atoms with van der Waals surface area (Å²) in [6, 6.07) is 12.9. The lowest BCUT2D eigenvalue weighted by Crippen LogP contribution is -2.35. The molecule has 2 aliphatic carbocycles. The number of amides is 2. The number of rotatable bonds is 8. The van der Waals surface area contributed by atoms with Crippen molar-refractivity contribution in [3.63, 3.8) is 0 Å². The van der Waals surface area contributed by atoms with Crippen LogP contribution in [0.1, 0.15) is 94.6 Å². The molecule has 0 spiro atoms. The molecule has 2 aromatic heterocycles.